The molecule has 1 aromatic heterocycles. The van der Waals surface area contributed by atoms with E-state index in [0.717, 1.165) is 43.9 Å². The van der Waals surface area contributed by atoms with Crippen LogP contribution in [0.15, 0.2) is 48.7 Å². The first-order valence-electron chi connectivity index (χ1n) is 9.98. The van der Waals surface area contributed by atoms with Crippen molar-refractivity contribution >= 4 is 5.91 Å². The summed E-state index contributed by atoms with van der Waals surface area (Å²) in [4.78, 5) is 18.9. The lowest BCUT2D eigenvalue weighted by Gasteiger charge is -2.31. The molecule has 1 fully saturated rings. The summed E-state index contributed by atoms with van der Waals surface area (Å²) in [5.74, 6) is 0.540. The van der Waals surface area contributed by atoms with Crippen LogP contribution in [0.25, 0.3) is 0 Å². The summed E-state index contributed by atoms with van der Waals surface area (Å²) in [5, 5.41) is 12.3. The number of rotatable bonds is 9. The third kappa shape index (κ3) is 6.81. The third-order valence-corrected chi connectivity index (χ3v) is 4.92. The highest BCUT2D eigenvalue weighted by Crippen LogP contribution is 2.20. The summed E-state index contributed by atoms with van der Waals surface area (Å²) in [7, 11) is 1.51. The number of aliphatic hydroxyl groups is 1. The first-order chi connectivity index (χ1) is 14.1. The van der Waals surface area contributed by atoms with Gasteiger partial charge in [0.1, 0.15) is 11.9 Å². The van der Waals surface area contributed by atoms with Crippen molar-refractivity contribution < 1.29 is 19.4 Å². The number of aromatic nitrogens is 1. The monoisotopic (exact) mass is 399 g/mol. The van der Waals surface area contributed by atoms with E-state index < -0.39 is 6.10 Å². The van der Waals surface area contributed by atoms with Crippen LogP contribution in [0.5, 0.6) is 5.75 Å². The molecule has 7 heteroatoms. The van der Waals surface area contributed by atoms with Crippen LogP contribution in [0.2, 0.25) is 0 Å². The molecule has 0 spiro atoms. The van der Waals surface area contributed by atoms with Gasteiger partial charge in [-0.25, -0.2) is 0 Å². The smallest absolute Gasteiger partial charge is 0.251 e. The Kier molecular flexibility index (Phi) is 7.98. The molecule has 1 saturated heterocycles. The first kappa shape index (κ1) is 21.2. The van der Waals surface area contributed by atoms with Gasteiger partial charge in [0.2, 0.25) is 0 Å². The Balaban J connectivity index is 1.41. The Hall–Kier alpha value is -2.48. The minimum Gasteiger partial charge on any atom is -0.490 e. The summed E-state index contributed by atoms with van der Waals surface area (Å²) in [5.41, 5.74) is 1.63. The average Bonchev–Trinajstić information content (AvgIpc) is 2.75. The van der Waals surface area contributed by atoms with Crippen molar-refractivity contribution in [2.24, 2.45) is 0 Å². The topological polar surface area (TPSA) is 83.9 Å². The molecule has 1 aromatic carbocycles. The summed E-state index contributed by atoms with van der Waals surface area (Å²) >= 11 is 0. The van der Waals surface area contributed by atoms with Gasteiger partial charge in [0, 0.05) is 45.0 Å². The fraction of sp³-hybridized carbons (Fsp3) is 0.455. The van der Waals surface area contributed by atoms with Gasteiger partial charge in [0.15, 0.2) is 0 Å². The molecular weight excluding hydrogens is 370 g/mol. The van der Waals surface area contributed by atoms with Crippen molar-refractivity contribution in [2.45, 2.75) is 31.6 Å². The molecule has 1 atom stereocenters. The van der Waals surface area contributed by atoms with Crippen LogP contribution in [-0.4, -0.2) is 66.5 Å². The van der Waals surface area contributed by atoms with E-state index in [0.29, 0.717) is 5.56 Å². The molecule has 0 bridgehead atoms. The molecule has 156 valence electrons. The quantitative estimate of drug-likeness (QED) is 0.670. The number of likely N-dealkylation sites (tertiary alicyclic amines) is 1. The van der Waals surface area contributed by atoms with Crippen molar-refractivity contribution in [3.8, 4) is 5.75 Å². The molecule has 0 aliphatic carbocycles. The molecule has 29 heavy (non-hydrogen) atoms. The standard InChI is InChI=1S/C22H29N3O4/c1-28-16-19(26)14-24-22(27)17-5-7-20(8-6-17)29-21-9-12-25(13-10-21)15-18-4-2-3-11-23-18/h2-8,11,19,21,26H,9-10,12-16H2,1H3,(H,24,27)/t19-/m0/s1. The van der Waals surface area contributed by atoms with Crippen LogP contribution >= 0.6 is 0 Å². The number of methoxy groups -OCH3 is 1. The van der Waals surface area contributed by atoms with Gasteiger partial charge in [-0.3, -0.25) is 14.7 Å². The maximum atomic E-state index is 12.1. The first-order valence-corrected chi connectivity index (χ1v) is 9.98. The molecule has 2 heterocycles. The predicted molar refractivity (Wildman–Crippen MR) is 110 cm³/mol. The number of benzene rings is 1. The molecule has 0 unspecified atom stereocenters. The number of nitrogens with zero attached hydrogens (tertiary/aromatic N) is 2. The van der Waals surface area contributed by atoms with E-state index in [1.54, 1.807) is 12.1 Å². The van der Waals surface area contributed by atoms with Gasteiger partial charge in [-0.1, -0.05) is 6.07 Å². The minimum absolute atomic E-state index is 0.155. The minimum atomic E-state index is -0.713. The number of piperidine rings is 1. The van der Waals surface area contributed by atoms with Gasteiger partial charge in [-0.05, 0) is 49.2 Å². The Morgan fingerprint density at radius 3 is 2.66 bits per heavy atom. The number of pyridine rings is 1. The van der Waals surface area contributed by atoms with Crippen LogP contribution in [0.3, 0.4) is 0 Å². The number of amides is 1. The van der Waals surface area contributed by atoms with Gasteiger partial charge in [-0.2, -0.15) is 0 Å². The number of ether oxygens (including phenoxy) is 2. The Morgan fingerprint density at radius 2 is 2.00 bits per heavy atom. The van der Waals surface area contributed by atoms with E-state index >= 15 is 0 Å². The number of aliphatic hydroxyl groups excluding tert-OH is 1. The van der Waals surface area contributed by atoms with Crippen molar-refractivity contribution in [3.05, 3.63) is 59.9 Å². The highest BCUT2D eigenvalue weighted by Gasteiger charge is 2.21. The lowest BCUT2D eigenvalue weighted by molar-refractivity contribution is 0.0609. The zero-order chi connectivity index (χ0) is 20.5. The van der Waals surface area contributed by atoms with E-state index in [-0.39, 0.29) is 25.2 Å². The molecular formula is C22H29N3O4. The van der Waals surface area contributed by atoms with Gasteiger partial charge >= 0.3 is 0 Å². The summed E-state index contributed by atoms with van der Waals surface area (Å²) < 4.78 is 10.9. The van der Waals surface area contributed by atoms with Crippen LogP contribution in [0.4, 0.5) is 0 Å². The Labute approximate surface area is 171 Å². The predicted octanol–water partition coefficient (Wildman–Crippen LogP) is 1.86. The molecule has 0 radical (unpaired) electrons. The molecule has 3 rings (SSSR count). The summed E-state index contributed by atoms with van der Waals surface area (Å²) in [6, 6.07) is 13.1. The number of carbonyl (C=O) groups excluding carboxylic acids is 1. The number of nitrogens with one attached hydrogen (secondary N) is 1. The van der Waals surface area contributed by atoms with E-state index in [1.165, 1.54) is 7.11 Å². The van der Waals surface area contributed by atoms with Gasteiger partial charge < -0.3 is 19.9 Å². The zero-order valence-electron chi connectivity index (χ0n) is 16.8. The molecule has 2 N–H and O–H groups in total. The van der Waals surface area contributed by atoms with E-state index in [4.69, 9.17) is 9.47 Å². The number of carbonyl (C=O) groups is 1. The molecule has 1 aliphatic heterocycles. The highest BCUT2D eigenvalue weighted by atomic mass is 16.5. The SMILES string of the molecule is COC[C@@H](O)CNC(=O)c1ccc(OC2CCN(Cc3ccccn3)CC2)cc1. The van der Waals surface area contributed by atoms with E-state index in [9.17, 15) is 9.90 Å². The van der Waals surface area contributed by atoms with Gasteiger partial charge in [0.05, 0.1) is 18.4 Å². The van der Waals surface area contributed by atoms with E-state index in [2.05, 4.69) is 21.3 Å². The molecule has 1 amide bonds. The normalized spacial score (nSPS) is 16.3. The second-order valence-corrected chi connectivity index (χ2v) is 7.26. The molecule has 2 aromatic rings. The van der Waals surface area contributed by atoms with Gasteiger partial charge in [-0.15, -0.1) is 0 Å². The molecule has 1 aliphatic rings. The fourth-order valence-electron chi connectivity index (χ4n) is 3.35. The largest absolute Gasteiger partial charge is 0.490 e. The van der Waals surface area contributed by atoms with Crippen LogP contribution in [0.1, 0.15) is 28.9 Å². The highest BCUT2D eigenvalue weighted by molar-refractivity contribution is 5.94. The summed E-state index contributed by atoms with van der Waals surface area (Å²) in [6.07, 6.45) is 3.23. The van der Waals surface area contributed by atoms with E-state index in [1.807, 2.05) is 30.5 Å². The lowest BCUT2D eigenvalue weighted by atomic mass is 10.1. The number of hydrogen-bond acceptors (Lipinski definition) is 6. The van der Waals surface area contributed by atoms with Crippen LogP contribution in [-0.2, 0) is 11.3 Å². The Bertz CT molecular complexity index is 746. The average molecular weight is 399 g/mol. The second kappa shape index (κ2) is 10.9. The fourth-order valence-corrected chi connectivity index (χ4v) is 3.35. The Morgan fingerprint density at radius 1 is 1.24 bits per heavy atom. The maximum Gasteiger partial charge on any atom is 0.251 e. The van der Waals surface area contributed by atoms with Crippen LogP contribution in [0, 0.1) is 0 Å². The summed E-state index contributed by atoms with van der Waals surface area (Å²) in [6.45, 7) is 3.17. The van der Waals surface area contributed by atoms with Crippen molar-refractivity contribution in [2.75, 3.05) is 33.4 Å². The zero-order valence-corrected chi connectivity index (χ0v) is 16.8. The molecule has 7 nitrogen and oxygen atoms in total. The van der Waals surface area contributed by atoms with Crippen LogP contribution < -0.4 is 10.1 Å². The van der Waals surface area contributed by atoms with Gasteiger partial charge in [0.25, 0.3) is 5.91 Å². The van der Waals surface area contributed by atoms with Crippen molar-refractivity contribution in [1.82, 2.24) is 15.2 Å². The third-order valence-electron chi connectivity index (χ3n) is 4.92. The maximum absolute atomic E-state index is 12.1. The molecule has 0 saturated carbocycles. The van der Waals surface area contributed by atoms with Crippen molar-refractivity contribution in [3.63, 3.8) is 0 Å². The second-order valence-electron chi connectivity index (χ2n) is 7.26. The number of hydrogen-bond donors (Lipinski definition) is 2. The lowest BCUT2D eigenvalue weighted by Crippen LogP contribution is -2.38. The van der Waals surface area contributed by atoms with Crippen molar-refractivity contribution in [1.29, 1.82) is 0 Å².